The number of hydrogen-bond acceptors (Lipinski definition) is 5. The molecule has 1 aromatic heterocycles. The van der Waals surface area contributed by atoms with E-state index in [-0.39, 0.29) is 17.8 Å². The molecule has 3 amide bonds. The number of ether oxygens (including phenoxy) is 2. The first-order chi connectivity index (χ1) is 14.5. The molecule has 30 heavy (non-hydrogen) atoms. The fourth-order valence-corrected chi connectivity index (χ4v) is 3.20. The first-order valence-corrected chi connectivity index (χ1v) is 10.3. The molecule has 0 aliphatic carbocycles. The number of benzene rings is 1. The molecule has 0 radical (unpaired) electrons. The van der Waals surface area contributed by atoms with E-state index in [9.17, 15) is 9.59 Å². The van der Waals surface area contributed by atoms with Crippen LogP contribution in [0.1, 0.15) is 43.1 Å². The van der Waals surface area contributed by atoms with E-state index in [1.165, 1.54) is 12.3 Å². The van der Waals surface area contributed by atoms with E-state index in [1.807, 2.05) is 24.3 Å². The molecule has 0 saturated carbocycles. The van der Waals surface area contributed by atoms with Gasteiger partial charge in [-0.1, -0.05) is 13.3 Å². The quantitative estimate of drug-likeness (QED) is 0.646. The molecule has 8 nitrogen and oxygen atoms in total. The molecule has 160 valence electrons. The summed E-state index contributed by atoms with van der Waals surface area (Å²) < 4.78 is 11.6. The number of primary amides is 1. The molecule has 2 aromatic rings. The van der Waals surface area contributed by atoms with Gasteiger partial charge in [0, 0.05) is 24.5 Å². The van der Waals surface area contributed by atoms with Crippen molar-refractivity contribution in [2.45, 2.75) is 38.7 Å². The third-order valence-electron chi connectivity index (χ3n) is 4.82. The van der Waals surface area contributed by atoms with Crippen LogP contribution in [0.2, 0.25) is 0 Å². The zero-order valence-electron chi connectivity index (χ0n) is 17.2. The lowest BCUT2D eigenvalue weighted by molar-refractivity contribution is 0.0989. The largest absolute Gasteiger partial charge is 0.494 e. The molecule has 2 heterocycles. The Morgan fingerprint density at radius 1 is 1.23 bits per heavy atom. The number of likely N-dealkylation sites (tertiary alicyclic amines) is 1. The van der Waals surface area contributed by atoms with Crippen LogP contribution in [0.4, 0.5) is 10.5 Å². The van der Waals surface area contributed by atoms with Gasteiger partial charge in [0.1, 0.15) is 23.3 Å². The highest BCUT2D eigenvalue weighted by atomic mass is 16.5. The molecule has 1 saturated heterocycles. The Hall–Kier alpha value is -3.29. The molecule has 1 fully saturated rings. The van der Waals surface area contributed by atoms with E-state index in [0.717, 1.165) is 31.4 Å². The first kappa shape index (κ1) is 21.4. The minimum Gasteiger partial charge on any atom is -0.494 e. The van der Waals surface area contributed by atoms with Gasteiger partial charge in [-0.3, -0.25) is 9.78 Å². The Kier molecular flexibility index (Phi) is 7.48. The number of carbonyl (C=O) groups excluding carboxylic acids is 2. The molecule has 1 aliphatic rings. The van der Waals surface area contributed by atoms with Crippen LogP contribution in [0.5, 0.6) is 11.5 Å². The molecule has 1 atom stereocenters. The number of nitrogens with one attached hydrogen (secondary N) is 1. The summed E-state index contributed by atoms with van der Waals surface area (Å²) in [5, 5.41) is 2.92. The zero-order chi connectivity index (χ0) is 21.3. The van der Waals surface area contributed by atoms with Gasteiger partial charge in [-0.15, -0.1) is 0 Å². The predicted molar refractivity (Wildman–Crippen MR) is 114 cm³/mol. The van der Waals surface area contributed by atoms with Crippen LogP contribution < -0.4 is 20.5 Å². The van der Waals surface area contributed by atoms with Gasteiger partial charge in [-0.2, -0.15) is 0 Å². The fraction of sp³-hybridized carbons (Fsp3) is 0.409. The molecule has 3 rings (SSSR count). The van der Waals surface area contributed by atoms with Gasteiger partial charge in [-0.25, -0.2) is 4.79 Å². The lowest BCUT2D eigenvalue weighted by Gasteiger charge is -2.33. The summed E-state index contributed by atoms with van der Waals surface area (Å²) in [6, 6.07) is 10.4. The van der Waals surface area contributed by atoms with Gasteiger partial charge in [0.2, 0.25) is 0 Å². The van der Waals surface area contributed by atoms with E-state index < -0.39 is 5.91 Å². The number of carbonyl (C=O) groups is 2. The maximum Gasteiger partial charge on any atom is 0.321 e. The van der Waals surface area contributed by atoms with Crippen molar-refractivity contribution in [2.24, 2.45) is 5.73 Å². The number of piperidine rings is 1. The van der Waals surface area contributed by atoms with Crippen molar-refractivity contribution < 1.29 is 19.1 Å². The molecule has 8 heteroatoms. The van der Waals surface area contributed by atoms with E-state index in [4.69, 9.17) is 15.2 Å². The fourth-order valence-electron chi connectivity index (χ4n) is 3.20. The normalized spacial score (nSPS) is 16.0. The summed E-state index contributed by atoms with van der Waals surface area (Å²) in [5.41, 5.74) is 6.13. The highest BCUT2D eigenvalue weighted by Gasteiger charge is 2.25. The minimum atomic E-state index is -0.605. The lowest BCUT2D eigenvalue weighted by Crippen LogP contribution is -2.46. The molecule has 1 aromatic carbocycles. The maximum absolute atomic E-state index is 12.7. The van der Waals surface area contributed by atoms with Gasteiger partial charge in [0.05, 0.1) is 13.2 Å². The highest BCUT2D eigenvalue weighted by Crippen LogP contribution is 2.21. The standard InChI is InChI=1S/C22H28N4O4/c1-2-3-13-29-17-8-6-16(7-9-17)25-22(28)26-12-4-5-19(15-26)30-18-10-11-24-20(14-18)21(23)27/h6-11,14,19H,2-5,12-13,15H2,1H3,(H2,23,27)(H,25,28). The van der Waals surface area contributed by atoms with Crippen LogP contribution in [0.25, 0.3) is 0 Å². The van der Waals surface area contributed by atoms with Crippen LogP contribution in [0.15, 0.2) is 42.6 Å². The van der Waals surface area contributed by atoms with E-state index in [2.05, 4.69) is 17.2 Å². The van der Waals surface area contributed by atoms with Crippen molar-refractivity contribution in [3.05, 3.63) is 48.3 Å². The summed E-state index contributed by atoms with van der Waals surface area (Å²) in [5.74, 6) is 0.706. The average molecular weight is 412 g/mol. The van der Waals surface area contributed by atoms with Gasteiger partial charge < -0.3 is 25.4 Å². The number of rotatable bonds is 8. The van der Waals surface area contributed by atoms with E-state index in [1.54, 1.807) is 11.0 Å². The van der Waals surface area contributed by atoms with E-state index >= 15 is 0 Å². The smallest absolute Gasteiger partial charge is 0.321 e. The number of hydrogen-bond donors (Lipinski definition) is 2. The van der Waals surface area contributed by atoms with Crippen molar-refractivity contribution in [1.29, 1.82) is 0 Å². The highest BCUT2D eigenvalue weighted by molar-refractivity contribution is 5.91. The van der Waals surface area contributed by atoms with Gasteiger partial charge >= 0.3 is 6.03 Å². The summed E-state index contributed by atoms with van der Waals surface area (Å²) in [6.45, 7) is 3.93. The van der Waals surface area contributed by atoms with Gasteiger partial charge in [-0.05, 0) is 49.6 Å². The number of nitrogens with zero attached hydrogens (tertiary/aromatic N) is 2. The molecule has 3 N–H and O–H groups in total. The second kappa shape index (κ2) is 10.5. The third-order valence-corrected chi connectivity index (χ3v) is 4.82. The Bertz CT molecular complexity index is 856. The second-order valence-electron chi connectivity index (χ2n) is 7.23. The van der Waals surface area contributed by atoms with Crippen molar-refractivity contribution in [3.63, 3.8) is 0 Å². The van der Waals surface area contributed by atoms with Crippen LogP contribution in [-0.2, 0) is 0 Å². The molecule has 1 unspecified atom stereocenters. The van der Waals surface area contributed by atoms with Crippen molar-refractivity contribution >= 4 is 17.6 Å². The van der Waals surface area contributed by atoms with Crippen LogP contribution >= 0.6 is 0 Å². The van der Waals surface area contributed by atoms with Gasteiger partial charge in [0.15, 0.2) is 0 Å². The summed E-state index contributed by atoms with van der Waals surface area (Å²) in [7, 11) is 0. The number of pyridine rings is 1. The van der Waals surface area contributed by atoms with Crippen LogP contribution in [-0.4, -0.2) is 47.6 Å². The lowest BCUT2D eigenvalue weighted by atomic mass is 10.1. The van der Waals surface area contributed by atoms with Crippen molar-refractivity contribution in [2.75, 3.05) is 25.0 Å². The van der Waals surface area contributed by atoms with Crippen molar-refractivity contribution in [1.82, 2.24) is 9.88 Å². The Labute approximate surface area is 176 Å². The van der Waals surface area contributed by atoms with E-state index in [0.29, 0.717) is 31.1 Å². The number of urea groups is 1. The topological polar surface area (TPSA) is 107 Å². The summed E-state index contributed by atoms with van der Waals surface area (Å²) >= 11 is 0. The maximum atomic E-state index is 12.7. The van der Waals surface area contributed by atoms with Crippen molar-refractivity contribution in [3.8, 4) is 11.5 Å². The number of amides is 3. The SMILES string of the molecule is CCCCOc1ccc(NC(=O)N2CCCC(Oc3ccnc(C(N)=O)c3)C2)cc1. The number of unbranched alkanes of at least 4 members (excludes halogenated alkanes) is 1. The van der Waals surface area contributed by atoms with Gasteiger partial charge in [0.25, 0.3) is 5.91 Å². The Morgan fingerprint density at radius 3 is 2.77 bits per heavy atom. The Morgan fingerprint density at radius 2 is 2.03 bits per heavy atom. The second-order valence-corrected chi connectivity index (χ2v) is 7.23. The molecular formula is C22H28N4O4. The Balaban J connectivity index is 1.52. The number of anilines is 1. The summed E-state index contributed by atoms with van der Waals surface area (Å²) in [6.07, 6.45) is 5.07. The first-order valence-electron chi connectivity index (χ1n) is 10.3. The summed E-state index contributed by atoms with van der Waals surface area (Å²) in [4.78, 5) is 29.6. The number of aromatic nitrogens is 1. The predicted octanol–water partition coefficient (Wildman–Crippen LogP) is 3.43. The molecule has 1 aliphatic heterocycles. The third kappa shape index (κ3) is 6.10. The number of nitrogens with two attached hydrogens (primary N) is 1. The minimum absolute atomic E-state index is 0.153. The molecular weight excluding hydrogens is 384 g/mol. The molecule has 0 spiro atoms. The zero-order valence-corrected chi connectivity index (χ0v) is 17.2. The average Bonchev–Trinajstić information content (AvgIpc) is 2.75. The molecule has 0 bridgehead atoms. The monoisotopic (exact) mass is 412 g/mol. The van der Waals surface area contributed by atoms with Crippen LogP contribution in [0.3, 0.4) is 0 Å². The van der Waals surface area contributed by atoms with Crippen LogP contribution in [0, 0.1) is 0 Å².